The molecule has 4 nitrogen and oxygen atoms in total. The summed E-state index contributed by atoms with van der Waals surface area (Å²) in [5.74, 6) is 0.832. The minimum atomic E-state index is -0.328. The lowest BCUT2D eigenvalue weighted by Crippen LogP contribution is -2.17. The molecule has 5 heteroatoms. The summed E-state index contributed by atoms with van der Waals surface area (Å²) in [4.78, 5) is 10.2. The molecule has 1 aliphatic rings. The van der Waals surface area contributed by atoms with Crippen molar-refractivity contribution in [1.29, 1.82) is 0 Å². The Morgan fingerprint density at radius 3 is 3.12 bits per heavy atom. The number of hydrogen-bond acceptors (Lipinski definition) is 4. The van der Waals surface area contributed by atoms with Gasteiger partial charge in [0.15, 0.2) is 0 Å². The van der Waals surface area contributed by atoms with E-state index in [2.05, 4.69) is 12.2 Å². The summed E-state index contributed by atoms with van der Waals surface area (Å²) in [6.07, 6.45) is 3.80. The standard InChI is InChI=1S/C11H16N2O2S/c1-2-3-9-5-10(9)12-6-8-4-11(13(14)15)16-7-8/h4,7,9-10,12H,2-3,5-6H2,1H3. The lowest BCUT2D eigenvalue weighted by molar-refractivity contribution is -0.380. The molecule has 2 rings (SSSR count). The van der Waals surface area contributed by atoms with Crippen molar-refractivity contribution in [3.8, 4) is 0 Å². The van der Waals surface area contributed by atoms with Crippen LogP contribution in [0.2, 0.25) is 0 Å². The Labute approximate surface area is 98.8 Å². The van der Waals surface area contributed by atoms with Gasteiger partial charge in [-0.2, -0.15) is 0 Å². The van der Waals surface area contributed by atoms with Crippen LogP contribution in [0.25, 0.3) is 0 Å². The van der Waals surface area contributed by atoms with Crippen LogP contribution in [-0.2, 0) is 6.54 Å². The molecule has 0 radical (unpaired) electrons. The molecular formula is C11H16N2O2S. The normalized spacial score (nSPS) is 23.3. The summed E-state index contributed by atoms with van der Waals surface area (Å²) in [5.41, 5.74) is 1.03. The van der Waals surface area contributed by atoms with E-state index in [1.54, 1.807) is 6.07 Å². The Morgan fingerprint density at radius 1 is 1.69 bits per heavy atom. The molecule has 1 aromatic heterocycles. The van der Waals surface area contributed by atoms with Gasteiger partial charge in [0.25, 0.3) is 0 Å². The van der Waals surface area contributed by atoms with E-state index in [0.717, 1.165) is 18.0 Å². The average Bonchev–Trinajstić information content (AvgIpc) is 2.80. The van der Waals surface area contributed by atoms with E-state index in [-0.39, 0.29) is 9.92 Å². The number of nitro groups is 1. The monoisotopic (exact) mass is 240 g/mol. The Balaban J connectivity index is 1.76. The second-order valence-electron chi connectivity index (χ2n) is 4.32. The Morgan fingerprint density at radius 2 is 2.50 bits per heavy atom. The van der Waals surface area contributed by atoms with Gasteiger partial charge in [-0.15, -0.1) is 0 Å². The van der Waals surface area contributed by atoms with E-state index in [1.807, 2.05) is 5.38 Å². The van der Waals surface area contributed by atoms with E-state index >= 15 is 0 Å². The van der Waals surface area contributed by atoms with Crippen molar-refractivity contribution in [3.05, 3.63) is 27.1 Å². The first kappa shape index (κ1) is 11.5. The number of thiophene rings is 1. The van der Waals surface area contributed by atoms with Crippen LogP contribution in [0.15, 0.2) is 11.4 Å². The highest BCUT2D eigenvalue weighted by Gasteiger charge is 2.35. The molecule has 1 heterocycles. The maximum absolute atomic E-state index is 10.5. The maximum atomic E-state index is 10.5. The van der Waals surface area contributed by atoms with E-state index < -0.39 is 0 Å². The highest BCUT2D eigenvalue weighted by atomic mass is 32.1. The zero-order valence-electron chi connectivity index (χ0n) is 9.31. The van der Waals surface area contributed by atoms with Gasteiger partial charge in [0.05, 0.1) is 4.92 Å². The fraction of sp³-hybridized carbons (Fsp3) is 0.636. The van der Waals surface area contributed by atoms with Gasteiger partial charge >= 0.3 is 5.00 Å². The predicted molar refractivity (Wildman–Crippen MR) is 64.6 cm³/mol. The molecule has 16 heavy (non-hydrogen) atoms. The van der Waals surface area contributed by atoms with Crippen molar-refractivity contribution in [1.82, 2.24) is 5.32 Å². The number of rotatable bonds is 6. The van der Waals surface area contributed by atoms with Crippen LogP contribution in [0.4, 0.5) is 5.00 Å². The number of hydrogen-bond donors (Lipinski definition) is 1. The molecule has 2 atom stereocenters. The molecule has 1 saturated carbocycles. The van der Waals surface area contributed by atoms with Crippen molar-refractivity contribution in [3.63, 3.8) is 0 Å². The largest absolute Gasteiger partial charge is 0.324 e. The highest BCUT2D eigenvalue weighted by molar-refractivity contribution is 7.13. The summed E-state index contributed by atoms with van der Waals surface area (Å²) >= 11 is 1.20. The van der Waals surface area contributed by atoms with Gasteiger partial charge in [-0.3, -0.25) is 10.1 Å². The molecule has 0 aromatic carbocycles. The molecule has 0 amide bonds. The molecule has 0 aliphatic heterocycles. The zero-order chi connectivity index (χ0) is 11.5. The summed E-state index contributed by atoms with van der Waals surface area (Å²) in [7, 11) is 0. The second-order valence-corrected chi connectivity index (χ2v) is 5.21. The fourth-order valence-corrected chi connectivity index (χ4v) is 2.72. The summed E-state index contributed by atoms with van der Waals surface area (Å²) in [5, 5.41) is 16.0. The molecule has 1 aliphatic carbocycles. The van der Waals surface area contributed by atoms with E-state index in [4.69, 9.17) is 0 Å². The van der Waals surface area contributed by atoms with E-state index in [9.17, 15) is 10.1 Å². The van der Waals surface area contributed by atoms with E-state index in [0.29, 0.717) is 6.04 Å². The van der Waals surface area contributed by atoms with Crippen LogP contribution in [0.1, 0.15) is 31.7 Å². The molecule has 1 N–H and O–H groups in total. The lowest BCUT2D eigenvalue weighted by atomic mass is 10.2. The van der Waals surface area contributed by atoms with Crippen LogP contribution >= 0.6 is 11.3 Å². The van der Waals surface area contributed by atoms with Crippen LogP contribution in [0.3, 0.4) is 0 Å². The Hall–Kier alpha value is -0.940. The minimum absolute atomic E-state index is 0.234. The molecule has 0 bridgehead atoms. The van der Waals surface area contributed by atoms with Crippen LogP contribution < -0.4 is 5.32 Å². The van der Waals surface area contributed by atoms with Crippen LogP contribution in [0.5, 0.6) is 0 Å². The van der Waals surface area contributed by atoms with Gasteiger partial charge < -0.3 is 5.32 Å². The third-order valence-electron chi connectivity index (χ3n) is 2.97. The van der Waals surface area contributed by atoms with Crippen molar-refractivity contribution in [2.75, 3.05) is 0 Å². The van der Waals surface area contributed by atoms with Gasteiger partial charge in [0, 0.05) is 24.0 Å². The zero-order valence-corrected chi connectivity index (χ0v) is 10.1. The quantitative estimate of drug-likeness (QED) is 0.614. The lowest BCUT2D eigenvalue weighted by Gasteiger charge is -2.00. The first-order valence-corrected chi connectivity index (χ1v) is 6.54. The second kappa shape index (κ2) is 4.93. The van der Waals surface area contributed by atoms with Gasteiger partial charge in [-0.05, 0) is 24.3 Å². The molecular weight excluding hydrogens is 224 g/mol. The van der Waals surface area contributed by atoms with Crippen molar-refractivity contribution < 1.29 is 4.92 Å². The Bertz CT molecular complexity index is 378. The Kier molecular flexibility index (Phi) is 3.56. The smallest absolute Gasteiger partial charge is 0.310 e. The number of nitrogens with one attached hydrogen (secondary N) is 1. The molecule has 1 aromatic rings. The minimum Gasteiger partial charge on any atom is -0.310 e. The molecule has 0 spiro atoms. The van der Waals surface area contributed by atoms with Gasteiger partial charge in [0.2, 0.25) is 0 Å². The molecule has 1 fully saturated rings. The predicted octanol–water partition coefficient (Wildman–Crippen LogP) is 2.93. The van der Waals surface area contributed by atoms with Gasteiger partial charge in [-0.25, -0.2) is 0 Å². The van der Waals surface area contributed by atoms with Crippen LogP contribution in [-0.4, -0.2) is 11.0 Å². The van der Waals surface area contributed by atoms with Crippen molar-refractivity contribution >= 4 is 16.3 Å². The van der Waals surface area contributed by atoms with Gasteiger partial charge in [-0.1, -0.05) is 24.7 Å². The third-order valence-corrected chi connectivity index (χ3v) is 3.90. The van der Waals surface area contributed by atoms with Crippen molar-refractivity contribution in [2.45, 2.75) is 38.8 Å². The van der Waals surface area contributed by atoms with Gasteiger partial charge in [0.1, 0.15) is 0 Å². The first-order valence-electron chi connectivity index (χ1n) is 5.66. The van der Waals surface area contributed by atoms with Crippen molar-refractivity contribution in [2.24, 2.45) is 5.92 Å². The summed E-state index contributed by atoms with van der Waals surface area (Å²) in [6, 6.07) is 2.30. The average molecular weight is 240 g/mol. The SMILES string of the molecule is CCCC1CC1NCc1csc([N+](=O)[O-])c1. The number of nitrogens with zero attached hydrogens (tertiary/aromatic N) is 1. The molecule has 88 valence electrons. The fourth-order valence-electron chi connectivity index (χ4n) is 1.99. The highest BCUT2D eigenvalue weighted by Crippen LogP contribution is 2.35. The molecule has 2 unspecified atom stereocenters. The first-order chi connectivity index (χ1) is 7.70. The summed E-state index contributed by atoms with van der Waals surface area (Å²) < 4.78 is 0. The maximum Gasteiger partial charge on any atom is 0.324 e. The van der Waals surface area contributed by atoms with Crippen LogP contribution in [0, 0.1) is 16.0 Å². The summed E-state index contributed by atoms with van der Waals surface area (Å²) in [6.45, 7) is 2.97. The molecule has 0 saturated heterocycles. The topological polar surface area (TPSA) is 55.2 Å². The third kappa shape index (κ3) is 2.80. The van der Waals surface area contributed by atoms with E-state index in [1.165, 1.54) is 30.6 Å².